The Morgan fingerprint density at radius 2 is 2.19 bits per heavy atom. The van der Waals surface area contributed by atoms with Crippen LogP contribution in [0, 0.1) is 11.3 Å². The monoisotopic (exact) mass is 248 g/mol. The minimum atomic E-state index is -3.98. The van der Waals surface area contributed by atoms with Crippen molar-refractivity contribution in [3.05, 3.63) is 0 Å². The quantitative estimate of drug-likeness (QED) is 0.644. The fourth-order valence-electron chi connectivity index (χ4n) is 1.56. The fourth-order valence-corrected chi connectivity index (χ4v) is 3.01. The van der Waals surface area contributed by atoms with Crippen LogP contribution in [0.3, 0.4) is 0 Å². The Morgan fingerprint density at radius 3 is 2.62 bits per heavy atom. The lowest BCUT2D eigenvalue weighted by molar-refractivity contribution is -0.140. The van der Waals surface area contributed by atoms with Crippen molar-refractivity contribution < 1.29 is 23.4 Å². The van der Waals surface area contributed by atoms with Gasteiger partial charge in [0.15, 0.2) is 5.25 Å². The van der Waals surface area contributed by atoms with E-state index in [1.54, 1.807) is 6.07 Å². The fraction of sp³-hybridized carbons (Fsp3) is 0.750. The molecule has 1 aliphatic heterocycles. The van der Waals surface area contributed by atoms with E-state index in [2.05, 4.69) is 0 Å². The first-order valence-electron chi connectivity index (χ1n) is 4.62. The van der Waals surface area contributed by atoms with Crippen molar-refractivity contribution in [1.29, 1.82) is 5.26 Å². The average Bonchev–Trinajstić information content (AvgIpc) is 2.59. The summed E-state index contributed by atoms with van der Waals surface area (Å²) >= 11 is 0. The third kappa shape index (κ3) is 2.16. The molecule has 1 unspecified atom stereocenters. The molecule has 0 aromatic rings. The molecule has 1 rings (SSSR count). The Bertz CT molecular complexity index is 426. The summed E-state index contributed by atoms with van der Waals surface area (Å²) in [5.74, 6) is -1.31. The number of hydrogen-bond donors (Lipinski definition) is 2. The molecular formula is C8H12N2O5S. The van der Waals surface area contributed by atoms with Gasteiger partial charge in [-0.25, -0.2) is 8.42 Å². The molecule has 0 radical (unpaired) electrons. The number of nitrogens with zero attached hydrogens (tertiary/aromatic N) is 2. The molecule has 0 amide bonds. The highest BCUT2D eigenvalue weighted by atomic mass is 32.2. The second kappa shape index (κ2) is 4.37. The number of carboxylic acid groups (broad SMARTS) is 1. The van der Waals surface area contributed by atoms with Gasteiger partial charge in [-0.05, 0) is 6.92 Å². The van der Waals surface area contributed by atoms with Gasteiger partial charge < -0.3 is 10.2 Å². The van der Waals surface area contributed by atoms with Crippen LogP contribution in [0.2, 0.25) is 0 Å². The summed E-state index contributed by atoms with van der Waals surface area (Å²) in [6, 6.07) is 0.271. The smallest absolute Gasteiger partial charge is 0.322 e. The van der Waals surface area contributed by atoms with Crippen molar-refractivity contribution in [2.24, 2.45) is 0 Å². The summed E-state index contributed by atoms with van der Waals surface area (Å²) in [5.41, 5.74) is 0. The molecule has 1 saturated heterocycles. The molecule has 90 valence electrons. The Labute approximate surface area is 93.0 Å². The first kappa shape index (κ1) is 12.9. The minimum Gasteiger partial charge on any atom is -0.480 e. The van der Waals surface area contributed by atoms with Gasteiger partial charge in [0.25, 0.3) is 0 Å². The average molecular weight is 248 g/mol. The number of aliphatic hydroxyl groups excluding tert-OH is 1. The van der Waals surface area contributed by atoms with Gasteiger partial charge in [-0.15, -0.1) is 0 Å². The van der Waals surface area contributed by atoms with Gasteiger partial charge in [0, 0.05) is 13.0 Å². The van der Waals surface area contributed by atoms with E-state index in [9.17, 15) is 18.3 Å². The highest BCUT2D eigenvalue weighted by Crippen LogP contribution is 2.24. The molecule has 2 N–H and O–H groups in total. The van der Waals surface area contributed by atoms with Crippen LogP contribution in [0.1, 0.15) is 13.3 Å². The first-order chi connectivity index (χ1) is 7.30. The number of rotatable bonds is 3. The van der Waals surface area contributed by atoms with E-state index in [1.807, 2.05) is 0 Å². The Kier molecular flexibility index (Phi) is 3.52. The largest absolute Gasteiger partial charge is 0.480 e. The van der Waals surface area contributed by atoms with Gasteiger partial charge in [-0.3, -0.25) is 4.79 Å². The van der Waals surface area contributed by atoms with E-state index >= 15 is 0 Å². The zero-order chi connectivity index (χ0) is 12.5. The van der Waals surface area contributed by atoms with Crippen molar-refractivity contribution in [3.8, 4) is 6.07 Å². The van der Waals surface area contributed by atoms with Gasteiger partial charge in [0.05, 0.1) is 12.2 Å². The highest BCUT2D eigenvalue weighted by molar-refractivity contribution is 7.90. The summed E-state index contributed by atoms with van der Waals surface area (Å²) in [6.45, 7) is 0.907. The number of aliphatic hydroxyl groups is 1. The Hall–Kier alpha value is -1.17. The number of carboxylic acids is 1. The summed E-state index contributed by atoms with van der Waals surface area (Å²) in [5, 5.41) is 25.3. The SMILES string of the molecule is CC(C#N)S(=O)(=O)N1C[C@@H](O)C[C@H]1C(=O)O. The molecule has 0 aromatic heterocycles. The number of aliphatic carboxylic acids is 1. The van der Waals surface area contributed by atoms with E-state index in [1.165, 1.54) is 6.92 Å². The minimum absolute atomic E-state index is 0.146. The molecule has 8 heteroatoms. The van der Waals surface area contributed by atoms with Crippen molar-refractivity contribution >= 4 is 16.0 Å². The molecule has 1 fully saturated rings. The topological polar surface area (TPSA) is 119 Å². The Morgan fingerprint density at radius 1 is 1.62 bits per heavy atom. The van der Waals surface area contributed by atoms with Crippen LogP contribution >= 0.6 is 0 Å². The molecule has 7 nitrogen and oxygen atoms in total. The Balaban J connectivity index is 3.04. The lowest BCUT2D eigenvalue weighted by Crippen LogP contribution is -2.44. The number of carbonyl (C=O) groups is 1. The standard InChI is InChI=1S/C8H12N2O5S/c1-5(3-9)16(14,15)10-4-6(11)2-7(10)8(12)13/h5-7,11H,2,4H2,1H3,(H,12,13)/t5?,6-,7-/m0/s1. The number of hydrogen-bond acceptors (Lipinski definition) is 5. The van der Waals surface area contributed by atoms with Crippen LogP contribution in [0.25, 0.3) is 0 Å². The van der Waals surface area contributed by atoms with Gasteiger partial charge >= 0.3 is 5.97 Å². The molecule has 0 saturated carbocycles. The van der Waals surface area contributed by atoms with Crippen LogP contribution < -0.4 is 0 Å². The molecule has 1 heterocycles. The zero-order valence-corrected chi connectivity index (χ0v) is 9.38. The van der Waals surface area contributed by atoms with Crippen LogP contribution in [-0.2, 0) is 14.8 Å². The maximum absolute atomic E-state index is 11.8. The normalized spacial score (nSPS) is 28.6. The van der Waals surface area contributed by atoms with Crippen molar-refractivity contribution in [1.82, 2.24) is 4.31 Å². The summed E-state index contributed by atoms with van der Waals surface area (Å²) in [6.07, 6.45) is -1.14. The predicted octanol–water partition coefficient (Wildman–Crippen LogP) is -1.25. The van der Waals surface area contributed by atoms with Gasteiger partial charge in [0.1, 0.15) is 6.04 Å². The van der Waals surface area contributed by atoms with Gasteiger partial charge in [0.2, 0.25) is 10.0 Å². The van der Waals surface area contributed by atoms with E-state index in [4.69, 9.17) is 10.4 Å². The van der Waals surface area contributed by atoms with Crippen LogP contribution in [0.4, 0.5) is 0 Å². The molecule has 0 spiro atoms. The predicted molar refractivity (Wildman–Crippen MR) is 52.7 cm³/mol. The second-order valence-corrected chi connectivity index (χ2v) is 5.84. The van der Waals surface area contributed by atoms with E-state index in [0.29, 0.717) is 4.31 Å². The third-order valence-electron chi connectivity index (χ3n) is 2.47. The summed E-state index contributed by atoms with van der Waals surface area (Å²) in [4.78, 5) is 10.8. The van der Waals surface area contributed by atoms with Crippen molar-refractivity contribution in [3.63, 3.8) is 0 Å². The van der Waals surface area contributed by atoms with Crippen LogP contribution in [-0.4, -0.2) is 52.8 Å². The second-order valence-electron chi connectivity index (χ2n) is 3.63. The van der Waals surface area contributed by atoms with Crippen molar-refractivity contribution in [2.75, 3.05) is 6.54 Å². The number of sulfonamides is 1. The van der Waals surface area contributed by atoms with E-state index in [0.717, 1.165) is 0 Å². The molecule has 0 aromatic carbocycles. The number of nitriles is 1. The lowest BCUT2D eigenvalue weighted by Gasteiger charge is -2.21. The molecule has 3 atom stereocenters. The summed E-state index contributed by atoms with van der Waals surface area (Å²) < 4.78 is 24.2. The third-order valence-corrected chi connectivity index (χ3v) is 4.53. The van der Waals surface area contributed by atoms with Crippen LogP contribution in [0.15, 0.2) is 0 Å². The summed E-state index contributed by atoms with van der Waals surface area (Å²) in [7, 11) is -3.98. The molecule has 1 aliphatic rings. The maximum Gasteiger partial charge on any atom is 0.322 e. The number of β-amino-alcohol motifs (C(OH)–C–C–N with tert-alkyl or cyclic N) is 1. The molecule has 16 heavy (non-hydrogen) atoms. The first-order valence-corrected chi connectivity index (χ1v) is 6.12. The highest BCUT2D eigenvalue weighted by Gasteiger charge is 2.44. The zero-order valence-electron chi connectivity index (χ0n) is 8.57. The lowest BCUT2D eigenvalue weighted by atomic mass is 10.2. The molecular weight excluding hydrogens is 236 g/mol. The van der Waals surface area contributed by atoms with E-state index < -0.39 is 33.4 Å². The van der Waals surface area contributed by atoms with Crippen molar-refractivity contribution in [2.45, 2.75) is 30.7 Å². The maximum atomic E-state index is 11.8. The molecule has 0 bridgehead atoms. The van der Waals surface area contributed by atoms with E-state index in [-0.39, 0.29) is 13.0 Å². The van der Waals surface area contributed by atoms with Crippen LogP contribution in [0.5, 0.6) is 0 Å². The van der Waals surface area contributed by atoms with Gasteiger partial charge in [-0.2, -0.15) is 9.57 Å². The molecule has 0 aliphatic carbocycles. The van der Waals surface area contributed by atoms with Gasteiger partial charge in [-0.1, -0.05) is 0 Å².